The Hall–Kier alpha value is -2.97. The van der Waals surface area contributed by atoms with E-state index in [4.69, 9.17) is 0 Å². The van der Waals surface area contributed by atoms with Crippen LogP contribution in [0.15, 0.2) is 24.3 Å². The summed E-state index contributed by atoms with van der Waals surface area (Å²) in [7, 11) is 0. The van der Waals surface area contributed by atoms with Crippen LogP contribution < -0.4 is 4.74 Å². The van der Waals surface area contributed by atoms with Crippen LogP contribution in [0.5, 0.6) is 11.5 Å². The number of benzene rings is 1. The van der Waals surface area contributed by atoms with Gasteiger partial charge in [0.2, 0.25) is 11.5 Å². The molecule has 0 heterocycles. The molecule has 0 saturated carbocycles. The van der Waals surface area contributed by atoms with Crippen LogP contribution in [-0.2, 0) is 4.79 Å². The van der Waals surface area contributed by atoms with Crippen molar-refractivity contribution in [1.29, 1.82) is 0 Å². The van der Waals surface area contributed by atoms with Crippen LogP contribution >= 0.6 is 0 Å². The predicted octanol–water partition coefficient (Wildman–Crippen LogP) is 1.69. The zero-order chi connectivity index (χ0) is 14.7. The van der Waals surface area contributed by atoms with Crippen molar-refractivity contribution in [3.05, 3.63) is 44.5 Å². The molecule has 1 aromatic carbocycles. The molecule has 0 spiro atoms. The monoisotopic (exact) mass is 268 g/mol. The van der Waals surface area contributed by atoms with Gasteiger partial charge in [-0.2, -0.15) is 0 Å². The second-order valence-electron chi connectivity index (χ2n) is 3.46. The third-order valence-corrected chi connectivity index (χ3v) is 2.01. The van der Waals surface area contributed by atoms with E-state index in [1.54, 1.807) is 0 Å². The summed E-state index contributed by atoms with van der Waals surface area (Å²) < 4.78 is 4.62. The van der Waals surface area contributed by atoms with E-state index >= 15 is 0 Å². The molecule has 0 aromatic heterocycles. The maximum Gasteiger partial charge on any atom is 0.392 e. The smallest absolute Gasteiger partial charge is 0.392 e. The van der Waals surface area contributed by atoms with Gasteiger partial charge >= 0.3 is 17.3 Å². The molecular weight excluding hydrogens is 260 g/mol. The van der Waals surface area contributed by atoms with Crippen LogP contribution in [0.1, 0.15) is 6.92 Å². The van der Waals surface area contributed by atoms with Crippen molar-refractivity contribution in [3.8, 4) is 11.5 Å². The standard InChI is InChI=1S/C10H8N2O7/c1-5(2)10(14)19-7-4-3-6(13)8(11(15)16)9(7)12(17)18/h3-4,13H,1H2,2H3. The molecule has 9 nitrogen and oxygen atoms in total. The van der Waals surface area contributed by atoms with Crippen LogP contribution in [0.3, 0.4) is 0 Å². The number of phenols is 1. The van der Waals surface area contributed by atoms with E-state index in [1.807, 2.05) is 0 Å². The summed E-state index contributed by atoms with van der Waals surface area (Å²) in [5.41, 5.74) is -2.28. The van der Waals surface area contributed by atoms with Gasteiger partial charge in [0.15, 0.2) is 0 Å². The second kappa shape index (κ2) is 5.12. The highest BCUT2D eigenvalue weighted by atomic mass is 16.6. The molecule has 0 bridgehead atoms. The molecule has 0 amide bonds. The Kier molecular flexibility index (Phi) is 3.80. The first-order valence-electron chi connectivity index (χ1n) is 4.78. The average Bonchev–Trinajstić information content (AvgIpc) is 2.29. The molecule has 0 aliphatic rings. The van der Waals surface area contributed by atoms with E-state index in [9.17, 15) is 30.1 Å². The minimum Gasteiger partial charge on any atom is -0.502 e. The van der Waals surface area contributed by atoms with E-state index in [0.29, 0.717) is 0 Å². The Balaban J connectivity index is 3.45. The van der Waals surface area contributed by atoms with E-state index in [-0.39, 0.29) is 5.57 Å². The third-order valence-electron chi connectivity index (χ3n) is 2.01. The number of aromatic hydroxyl groups is 1. The van der Waals surface area contributed by atoms with Crippen molar-refractivity contribution in [2.24, 2.45) is 0 Å². The summed E-state index contributed by atoms with van der Waals surface area (Å²) in [6.07, 6.45) is 0. The van der Waals surface area contributed by atoms with Crippen molar-refractivity contribution in [3.63, 3.8) is 0 Å². The first-order valence-corrected chi connectivity index (χ1v) is 4.78. The number of esters is 1. The van der Waals surface area contributed by atoms with Gasteiger partial charge in [-0.3, -0.25) is 20.2 Å². The summed E-state index contributed by atoms with van der Waals surface area (Å²) in [5, 5.41) is 30.8. The molecule has 19 heavy (non-hydrogen) atoms. The van der Waals surface area contributed by atoms with Crippen LogP contribution in [0, 0.1) is 20.2 Å². The molecule has 0 aliphatic carbocycles. The molecule has 0 radical (unpaired) electrons. The number of ether oxygens (including phenoxy) is 1. The van der Waals surface area contributed by atoms with Gasteiger partial charge in [-0.05, 0) is 19.1 Å². The van der Waals surface area contributed by atoms with Crippen molar-refractivity contribution >= 4 is 17.3 Å². The summed E-state index contributed by atoms with van der Waals surface area (Å²) in [6.45, 7) is 4.58. The van der Waals surface area contributed by atoms with Crippen molar-refractivity contribution in [2.75, 3.05) is 0 Å². The SMILES string of the molecule is C=C(C)C(=O)Oc1ccc(O)c([N+](=O)[O-])c1[N+](=O)[O-]. The van der Waals surface area contributed by atoms with E-state index in [2.05, 4.69) is 11.3 Å². The molecule has 0 saturated heterocycles. The van der Waals surface area contributed by atoms with Gasteiger partial charge < -0.3 is 9.84 Å². The highest BCUT2D eigenvalue weighted by molar-refractivity contribution is 5.90. The van der Waals surface area contributed by atoms with Crippen molar-refractivity contribution in [1.82, 2.24) is 0 Å². The zero-order valence-corrected chi connectivity index (χ0v) is 9.65. The number of phenolic OH excluding ortho intramolecular Hbond substituents is 1. The molecule has 0 unspecified atom stereocenters. The van der Waals surface area contributed by atoms with Crippen LogP contribution in [0.4, 0.5) is 11.4 Å². The number of rotatable bonds is 4. The average molecular weight is 268 g/mol. The normalized spacial score (nSPS) is 9.74. The number of hydrogen-bond acceptors (Lipinski definition) is 7. The largest absolute Gasteiger partial charge is 0.502 e. The number of nitro benzene ring substituents is 2. The first kappa shape index (κ1) is 14.1. The minimum atomic E-state index is -1.14. The van der Waals surface area contributed by atoms with Crippen molar-refractivity contribution in [2.45, 2.75) is 6.92 Å². The highest BCUT2D eigenvalue weighted by Crippen LogP contribution is 2.42. The van der Waals surface area contributed by atoms with Gasteiger partial charge in [0.25, 0.3) is 0 Å². The highest BCUT2D eigenvalue weighted by Gasteiger charge is 2.34. The second-order valence-corrected chi connectivity index (χ2v) is 3.46. The molecule has 0 fully saturated rings. The maximum absolute atomic E-state index is 11.3. The molecule has 0 aliphatic heterocycles. The molecule has 1 rings (SSSR count). The molecule has 100 valence electrons. The van der Waals surface area contributed by atoms with E-state index in [0.717, 1.165) is 12.1 Å². The van der Waals surface area contributed by atoms with E-state index < -0.39 is 38.7 Å². The van der Waals surface area contributed by atoms with Gasteiger partial charge in [-0.15, -0.1) is 0 Å². The maximum atomic E-state index is 11.3. The van der Waals surface area contributed by atoms with Gasteiger partial charge in [0.05, 0.1) is 9.85 Å². The topological polar surface area (TPSA) is 133 Å². The van der Waals surface area contributed by atoms with Crippen LogP contribution in [-0.4, -0.2) is 20.9 Å². The Morgan fingerprint density at radius 2 is 1.79 bits per heavy atom. The minimum absolute atomic E-state index is 0.0370. The fourth-order valence-corrected chi connectivity index (χ4v) is 1.18. The lowest BCUT2D eigenvalue weighted by molar-refractivity contribution is -0.423. The summed E-state index contributed by atoms with van der Waals surface area (Å²) in [4.78, 5) is 30.6. The summed E-state index contributed by atoms with van der Waals surface area (Å²) in [5.74, 6) is -2.50. The molecule has 9 heteroatoms. The Labute approximate surface area is 106 Å². The number of hydrogen-bond donors (Lipinski definition) is 1. The predicted molar refractivity (Wildman–Crippen MR) is 61.9 cm³/mol. The number of nitrogens with zero attached hydrogens (tertiary/aromatic N) is 2. The number of nitro groups is 2. The molecular formula is C10H8N2O7. The first-order chi connectivity index (χ1) is 8.75. The lowest BCUT2D eigenvalue weighted by Crippen LogP contribution is -2.10. The molecule has 1 N–H and O–H groups in total. The fraction of sp³-hybridized carbons (Fsp3) is 0.100. The Morgan fingerprint density at radius 3 is 2.21 bits per heavy atom. The van der Waals surface area contributed by atoms with Gasteiger partial charge in [-0.25, -0.2) is 4.79 Å². The van der Waals surface area contributed by atoms with Crippen LogP contribution in [0.2, 0.25) is 0 Å². The molecule has 1 aromatic rings. The quantitative estimate of drug-likeness (QED) is 0.288. The lowest BCUT2D eigenvalue weighted by Gasteiger charge is -2.05. The third kappa shape index (κ3) is 2.83. The van der Waals surface area contributed by atoms with Gasteiger partial charge in [0, 0.05) is 5.57 Å². The number of carbonyl (C=O) groups is 1. The summed E-state index contributed by atoms with van der Waals surface area (Å²) >= 11 is 0. The Bertz CT molecular complexity index is 594. The van der Waals surface area contributed by atoms with Gasteiger partial charge in [0.1, 0.15) is 0 Å². The van der Waals surface area contributed by atoms with Crippen molar-refractivity contribution < 1.29 is 24.5 Å². The van der Waals surface area contributed by atoms with Gasteiger partial charge in [-0.1, -0.05) is 6.58 Å². The summed E-state index contributed by atoms with van der Waals surface area (Å²) in [6, 6.07) is 1.72. The zero-order valence-electron chi connectivity index (χ0n) is 9.65. The van der Waals surface area contributed by atoms with E-state index in [1.165, 1.54) is 6.92 Å². The Morgan fingerprint density at radius 1 is 1.26 bits per heavy atom. The lowest BCUT2D eigenvalue weighted by atomic mass is 10.2. The number of carbonyl (C=O) groups excluding carboxylic acids is 1. The molecule has 0 atom stereocenters. The van der Waals surface area contributed by atoms with Crippen LogP contribution in [0.25, 0.3) is 0 Å². The fourth-order valence-electron chi connectivity index (χ4n) is 1.18.